The Kier molecular flexibility index (Phi) is 3.80. The number of nitrogens with two attached hydrogens (primary N) is 1. The third-order valence-electron chi connectivity index (χ3n) is 4.01. The van der Waals surface area contributed by atoms with Crippen LogP contribution in [0, 0.1) is 5.92 Å². The second kappa shape index (κ2) is 5.07. The molecule has 2 fully saturated rings. The van der Waals surface area contributed by atoms with E-state index < -0.39 is 30.1 Å². The molecule has 19 heavy (non-hydrogen) atoms. The highest BCUT2D eigenvalue weighted by molar-refractivity contribution is 5.87. The van der Waals surface area contributed by atoms with Crippen LogP contribution in [0.4, 0.5) is 0 Å². The number of amides is 1. The number of hydrogen-bond donors (Lipinski definition) is 4. The third kappa shape index (κ3) is 2.72. The molecule has 0 bridgehead atoms. The van der Waals surface area contributed by atoms with Crippen LogP contribution in [0.25, 0.3) is 0 Å². The van der Waals surface area contributed by atoms with Crippen molar-refractivity contribution >= 4 is 11.9 Å². The number of carbonyl (C=O) groups excluding carboxylic acids is 1. The number of piperidine rings is 1. The summed E-state index contributed by atoms with van der Waals surface area (Å²) in [6.45, 7) is 4.31. The molecule has 0 aromatic rings. The first-order valence-corrected chi connectivity index (χ1v) is 6.55. The molecule has 0 radical (unpaired) electrons. The number of carbonyl (C=O) groups is 2. The quantitative estimate of drug-likeness (QED) is 0.446. The Labute approximate surface area is 111 Å². The SMILES string of the molecule is CC(C)C(N)C(=O)NC(C(=O)O)C1CC(O)C2CN21. The van der Waals surface area contributed by atoms with Crippen LogP contribution in [0.2, 0.25) is 0 Å². The molecular formula is C12H21N3O4. The lowest BCUT2D eigenvalue weighted by Gasteiger charge is -2.25. The van der Waals surface area contributed by atoms with E-state index in [1.165, 1.54) is 0 Å². The standard InChI is InChI=1S/C12H21N3O4/c1-5(2)9(13)11(17)14-10(12(18)19)6-3-8(16)7-4-15(6)7/h5-10,16H,3-4,13H2,1-2H3,(H,14,17)(H,18,19). The lowest BCUT2D eigenvalue weighted by Crippen LogP contribution is -2.55. The second-order valence-electron chi connectivity index (χ2n) is 5.73. The molecule has 6 atom stereocenters. The van der Waals surface area contributed by atoms with Gasteiger partial charge < -0.3 is 21.3 Å². The van der Waals surface area contributed by atoms with Gasteiger partial charge in [-0.05, 0) is 12.3 Å². The van der Waals surface area contributed by atoms with Crippen molar-refractivity contribution in [2.24, 2.45) is 11.7 Å². The molecule has 0 aromatic heterocycles. The smallest absolute Gasteiger partial charge is 0.327 e. The molecule has 2 saturated heterocycles. The van der Waals surface area contributed by atoms with E-state index in [9.17, 15) is 19.8 Å². The van der Waals surface area contributed by atoms with Crippen molar-refractivity contribution in [3.63, 3.8) is 0 Å². The van der Waals surface area contributed by atoms with Crippen molar-refractivity contribution in [1.82, 2.24) is 10.2 Å². The summed E-state index contributed by atoms with van der Waals surface area (Å²) in [7, 11) is 0. The second-order valence-corrected chi connectivity index (χ2v) is 5.73. The van der Waals surface area contributed by atoms with Gasteiger partial charge in [0.1, 0.15) is 6.04 Å². The molecule has 2 aliphatic heterocycles. The molecule has 2 heterocycles. The number of aliphatic hydroxyl groups excluding tert-OH is 1. The summed E-state index contributed by atoms with van der Waals surface area (Å²) in [5, 5.41) is 21.5. The van der Waals surface area contributed by atoms with Crippen LogP contribution in [0.3, 0.4) is 0 Å². The van der Waals surface area contributed by atoms with Crippen LogP contribution in [0.5, 0.6) is 0 Å². The van der Waals surface area contributed by atoms with Gasteiger partial charge in [-0.25, -0.2) is 4.79 Å². The molecule has 0 aliphatic carbocycles. The van der Waals surface area contributed by atoms with Gasteiger partial charge in [-0.15, -0.1) is 0 Å². The van der Waals surface area contributed by atoms with E-state index in [4.69, 9.17) is 5.73 Å². The maximum Gasteiger partial charge on any atom is 0.327 e. The zero-order chi connectivity index (χ0) is 14.3. The molecule has 7 nitrogen and oxygen atoms in total. The predicted octanol–water partition coefficient (Wildman–Crippen LogP) is -1.64. The topological polar surface area (TPSA) is 116 Å². The highest BCUT2D eigenvalue weighted by Gasteiger charge is 2.55. The van der Waals surface area contributed by atoms with E-state index >= 15 is 0 Å². The zero-order valence-corrected chi connectivity index (χ0v) is 11.1. The summed E-state index contributed by atoms with van der Waals surface area (Å²) in [5.41, 5.74) is 5.71. The number of rotatable bonds is 5. The molecular weight excluding hydrogens is 250 g/mol. The molecule has 6 unspecified atom stereocenters. The van der Waals surface area contributed by atoms with Crippen LogP contribution in [0.15, 0.2) is 0 Å². The molecule has 2 rings (SSSR count). The van der Waals surface area contributed by atoms with Crippen LogP contribution < -0.4 is 11.1 Å². The number of fused-ring (bicyclic) bond motifs is 1. The highest BCUT2D eigenvalue weighted by atomic mass is 16.4. The molecule has 0 aromatic carbocycles. The monoisotopic (exact) mass is 271 g/mol. The van der Waals surface area contributed by atoms with Gasteiger partial charge in [0.15, 0.2) is 0 Å². The summed E-state index contributed by atoms with van der Waals surface area (Å²) in [4.78, 5) is 25.1. The fraction of sp³-hybridized carbons (Fsp3) is 0.833. The van der Waals surface area contributed by atoms with Crippen molar-refractivity contribution < 1.29 is 19.8 Å². The molecule has 0 saturated carbocycles. The summed E-state index contributed by atoms with van der Waals surface area (Å²) in [6, 6.07) is -2.03. The van der Waals surface area contributed by atoms with Gasteiger partial charge in [0, 0.05) is 18.6 Å². The first-order valence-electron chi connectivity index (χ1n) is 6.55. The Morgan fingerprint density at radius 1 is 1.42 bits per heavy atom. The molecule has 7 heteroatoms. The number of nitrogens with zero attached hydrogens (tertiary/aromatic N) is 1. The number of aliphatic carboxylic acids is 1. The predicted molar refractivity (Wildman–Crippen MR) is 67.3 cm³/mol. The Hall–Kier alpha value is -1.18. The third-order valence-corrected chi connectivity index (χ3v) is 4.01. The molecule has 2 aliphatic rings. The molecule has 0 spiro atoms. The normalized spacial score (nSPS) is 35.6. The van der Waals surface area contributed by atoms with Crippen LogP contribution in [0.1, 0.15) is 20.3 Å². The largest absolute Gasteiger partial charge is 0.480 e. The van der Waals surface area contributed by atoms with E-state index in [0.29, 0.717) is 13.0 Å². The van der Waals surface area contributed by atoms with Gasteiger partial charge in [-0.1, -0.05) is 13.8 Å². The van der Waals surface area contributed by atoms with Crippen molar-refractivity contribution in [2.45, 2.75) is 50.5 Å². The number of carboxylic acid groups (broad SMARTS) is 1. The summed E-state index contributed by atoms with van der Waals surface area (Å²) in [5.74, 6) is -1.60. The van der Waals surface area contributed by atoms with Crippen molar-refractivity contribution in [1.29, 1.82) is 0 Å². The van der Waals surface area contributed by atoms with Gasteiger partial charge in [-0.3, -0.25) is 9.69 Å². The Bertz CT molecular complexity index is 387. The first kappa shape index (κ1) is 14.2. The van der Waals surface area contributed by atoms with Crippen LogP contribution in [-0.4, -0.2) is 63.8 Å². The summed E-state index contributed by atoms with van der Waals surface area (Å²) in [6.07, 6.45) is -0.124. The number of aliphatic hydroxyl groups is 1. The summed E-state index contributed by atoms with van der Waals surface area (Å²) < 4.78 is 0. The van der Waals surface area contributed by atoms with Gasteiger partial charge in [0.2, 0.25) is 5.91 Å². The zero-order valence-electron chi connectivity index (χ0n) is 11.1. The van der Waals surface area contributed by atoms with Gasteiger partial charge in [-0.2, -0.15) is 0 Å². The fourth-order valence-electron chi connectivity index (χ4n) is 2.64. The lowest BCUT2D eigenvalue weighted by atomic mass is 10.0. The minimum absolute atomic E-state index is 0.0578. The number of hydrogen-bond acceptors (Lipinski definition) is 5. The highest BCUT2D eigenvalue weighted by Crippen LogP contribution is 2.37. The van der Waals surface area contributed by atoms with Crippen molar-refractivity contribution in [3.8, 4) is 0 Å². The van der Waals surface area contributed by atoms with E-state index in [-0.39, 0.29) is 18.0 Å². The molecule has 1 amide bonds. The van der Waals surface area contributed by atoms with E-state index in [2.05, 4.69) is 5.32 Å². The van der Waals surface area contributed by atoms with Crippen LogP contribution in [-0.2, 0) is 9.59 Å². The Balaban J connectivity index is 2.01. The van der Waals surface area contributed by atoms with Gasteiger partial charge in [0.05, 0.1) is 12.1 Å². The lowest BCUT2D eigenvalue weighted by molar-refractivity contribution is -0.143. The minimum Gasteiger partial charge on any atom is -0.480 e. The molecule has 108 valence electrons. The number of carboxylic acids is 1. The van der Waals surface area contributed by atoms with Gasteiger partial charge in [0.25, 0.3) is 0 Å². The average Bonchev–Trinajstić information content (AvgIpc) is 3.05. The van der Waals surface area contributed by atoms with E-state index in [1.807, 2.05) is 4.90 Å². The maximum absolute atomic E-state index is 11.9. The van der Waals surface area contributed by atoms with Gasteiger partial charge >= 0.3 is 5.97 Å². The van der Waals surface area contributed by atoms with Crippen molar-refractivity contribution in [2.75, 3.05) is 6.54 Å². The fourth-order valence-corrected chi connectivity index (χ4v) is 2.64. The van der Waals surface area contributed by atoms with Crippen LogP contribution >= 0.6 is 0 Å². The number of nitrogens with one attached hydrogen (secondary N) is 1. The Morgan fingerprint density at radius 3 is 2.42 bits per heavy atom. The Morgan fingerprint density at radius 2 is 2.05 bits per heavy atom. The average molecular weight is 271 g/mol. The maximum atomic E-state index is 11.9. The van der Waals surface area contributed by atoms with E-state index in [1.54, 1.807) is 13.8 Å². The van der Waals surface area contributed by atoms with Crippen molar-refractivity contribution in [3.05, 3.63) is 0 Å². The first-order chi connectivity index (χ1) is 8.82. The molecule has 5 N–H and O–H groups in total. The summed E-state index contributed by atoms with van der Waals surface area (Å²) >= 11 is 0. The minimum atomic E-state index is -1.09. The van der Waals surface area contributed by atoms with E-state index in [0.717, 1.165) is 0 Å².